The third-order valence-electron chi connectivity index (χ3n) is 1.78. The minimum absolute atomic E-state index is 0.146. The van der Waals surface area contributed by atoms with Crippen LogP contribution in [-0.2, 0) is 14.3 Å². The highest BCUT2D eigenvalue weighted by atomic mass is 35.5. The van der Waals surface area contributed by atoms with E-state index in [2.05, 4.69) is 26.3 Å². The predicted molar refractivity (Wildman–Crippen MR) is 80.7 cm³/mol. The average molecular weight is 295 g/mol. The van der Waals surface area contributed by atoms with Crippen LogP contribution in [-0.4, -0.2) is 35.0 Å². The van der Waals surface area contributed by atoms with Crippen molar-refractivity contribution in [2.24, 2.45) is 0 Å². The topological polar surface area (TPSA) is 55.8 Å². The van der Waals surface area contributed by atoms with Crippen molar-refractivity contribution >= 4 is 18.1 Å². The number of rotatable bonds is 2. The maximum atomic E-state index is 8.36. The van der Waals surface area contributed by atoms with Crippen molar-refractivity contribution in [1.29, 1.82) is 0 Å². The molecular weight excluding hydrogens is 268 g/mol. The molecule has 0 bridgehead atoms. The van der Waals surface area contributed by atoms with Crippen LogP contribution >= 0.6 is 11.6 Å². The Balaban J connectivity index is -0.000000313. The molecule has 1 fully saturated rings. The lowest BCUT2D eigenvalue weighted by Gasteiger charge is -2.21. The molecular formula is C14H27ClO4. The molecule has 1 atom stereocenters. The first-order valence-electron chi connectivity index (χ1n) is 5.79. The zero-order valence-electron chi connectivity index (χ0n) is 12.4. The Kier molecular flexibility index (Phi) is 14.9. The number of carboxylic acid groups (broad SMARTS) is 1. The van der Waals surface area contributed by atoms with Gasteiger partial charge in [0.05, 0.1) is 12.7 Å². The van der Waals surface area contributed by atoms with Crippen molar-refractivity contribution in [1.82, 2.24) is 0 Å². The first-order valence-corrected chi connectivity index (χ1v) is 6.16. The first kappa shape index (κ1) is 23.3. The number of ether oxygens (including phenoxy) is 2. The predicted octanol–water partition coefficient (Wildman–Crippen LogP) is 3.85. The van der Waals surface area contributed by atoms with E-state index in [1.54, 1.807) is 0 Å². The summed E-state index contributed by atoms with van der Waals surface area (Å²) in [5.41, 5.74) is 0. The first-order chi connectivity index (χ1) is 8.70. The fraction of sp³-hybridized carbons (Fsp3) is 0.643. The van der Waals surface area contributed by atoms with Crippen molar-refractivity contribution in [2.45, 2.75) is 50.9 Å². The summed E-state index contributed by atoms with van der Waals surface area (Å²) in [5, 5.41) is 6.89. The lowest BCUT2D eigenvalue weighted by molar-refractivity contribution is -0.139. The van der Waals surface area contributed by atoms with Gasteiger partial charge in [0.1, 0.15) is 0 Å². The molecule has 1 unspecified atom stereocenters. The van der Waals surface area contributed by atoms with Crippen LogP contribution in [0.2, 0.25) is 0 Å². The Morgan fingerprint density at radius 2 is 1.74 bits per heavy atom. The smallest absolute Gasteiger partial charge is 0.290 e. The van der Waals surface area contributed by atoms with Gasteiger partial charge in [0, 0.05) is 4.87 Å². The summed E-state index contributed by atoms with van der Waals surface area (Å²) in [4.78, 5) is 8.16. The Morgan fingerprint density at radius 3 is 1.95 bits per heavy atom. The van der Waals surface area contributed by atoms with E-state index >= 15 is 0 Å². The molecule has 0 amide bonds. The summed E-state index contributed by atoms with van der Waals surface area (Å²) in [6.07, 6.45) is 0.977. The second kappa shape index (κ2) is 12.2. The van der Waals surface area contributed by atoms with Gasteiger partial charge in [-0.05, 0) is 34.1 Å². The van der Waals surface area contributed by atoms with E-state index in [-0.39, 0.29) is 17.5 Å². The standard InChI is InChI=1S/C9H17ClO2.2C2H4.CH2O2/c1-8(2,10)5-7-6-11-9(3,4)12-7;2*1-2;2-1-3/h7H,5-6H2,1-4H3;2*1-2H2;1H,(H,2,3). The van der Waals surface area contributed by atoms with Crippen LogP contribution in [0.25, 0.3) is 0 Å². The second-order valence-electron chi connectivity index (χ2n) is 4.48. The minimum atomic E-state index is -0.424. The molecule has 1 saturated heterocycles. The number of halogens is 1. The van der Waals surface area contributed by atoms with Gasteiger partial charge in [-0.3, -0.25) is 4.79 Å². The van der Waals surface area contributed by atoms with Crippen molar-refractivity contribution in [3.05, 3.63) is 26.3 Å². The molecule has 1 aliphatic heterocycles. The number of alkyl halides is 1. The van der Waals surface area contributed by atoms with E-state index in [1.165, 1.54) is 0 Å². The Morgan fingerprint density at radius 1 is 1.37 bits per heavy atom. The molecule has 0 aliphatic carbocycles. The third-order valence-corrected chi connectivity index (χ3v) is 1.93. The third kappa shape index (κ3) is 17.2. The largest absolute Gasteiger partial charge is 0.483 e. The van der Waals surface area contributed by atoms with Gasteiger partial charge in [0.15, 0.2) is 5.79 Å². The van der Waals surface area contributed by atoms with E-state index < -0.39 is 5.79 Å². The van der Waals surface area contributed by atoms with Gasteiger partial charge in [0.2, 0.25) is 0 Å². The van der Waals surface area contributed by atoms with Gasteiger partial charge in [0.25, 0.3) is 6.47 Å². The summed E-state index contributed by atoms with van der Waals surface area (Å²) >= 11 is 6.07. The summed E-state index contributed by atoms with van der Waals surface area (Å²) in [7, 11) is 0. The van der Waals surface area contributed by atoms with Crippen LogP contribution in [0.5, 0.6) is 0 Å². The van der Waals surface area contributed by atoms with Gasteiger partial charge >= 0.3 is 0 Å². The average Bonchev–Trinajstić information content (AvgIpc) is 2.62. The van der Waals surface area contributed by atoms with Gasteiger partial charge < -0.3 is 14.6 Å². The fourth-order valence-electron chi connectivity index (χ4n) is 1.41. The summed E-state index contributed by atoms with van der Waals surface area (Å²) in [6, 6.07) is 0. The fourth-order valence-corrected chi connectivity index (χ4v) is 1.58. The number of carbonyl (C=O) groups is 1. The van der Waals surface area contributed by atoms with Gasteiger partial charge in [-0.25, -0.2) is 0 Å². The summed E-state index contributed by atoms with van der Waals surface area (Å²) in [5.74, 6) is -0.424. The highest BCUT2D eigenvalue weighted by Gasteiger charge is 2.35. The van der Waals surface area contributed by atoms with Gasteiger partial charge in [-0.15, -0.1) is 37.9 Å². The highest BCUT2D eigenvalue weighted by Crippen LogP contribution is 2.29. The lowest BCUT2D eigenvalue weighted by Crippen LogP contribution is -2.25. The molecule has 114 valence electrons. The van der Waals surface area contributed by atoms with Crippen LogP contribution in [0, 0.1) is 0 Å². The second-order valence-corrected chi connectivity index (χ2v) is 5.50. The molecule has 0 radical (unpaired) electrons. The summed E-state index contributed by atoms with van der Waals surface area (Å²) in [6.45, 7) is 20.2. The van der Waals surface area contributed by atoms with Crippen molar-refractivity contribution in [3.63, 3.8) is 0 Å². The van der Waals surface area contributed by atoms with Crippen molar-refractivity contribution in [3.8, 4) is 0 Å². The molecule has 1 N–H and O–H groups in total. The number of hydrogen-bond acceptors (Lipinski definition) is 3. The minimum Gasteiger partial charge on any atom is -0.483 e. The molecule has 1 rings (SSSR count). The van der Waals surface area contributed by atoms with Crippen molar-refractivity contribution in [2.75, 3.05) is 6.61 Å². The molecule has 0 saturated carbocycles. The van der Waals surface area contributed by atoms with Crippen LogP contribution in [0.1, 0.15) is 34.1 Å². The Labute approximate surface area is 122 Å². The molecule has 5 heteroatoms. The summed E-state index contributed by atoms with van der Waals surface area (Å²) < 4.78 is 11.0. The molecule has 1 heterocycles. The van der Waals surface area contributed by atoms with E-state index in [4.69, 9.17) is 31.0 Å². The molecule has 0 aromatic rings. The molecule has 0 aromatic heterocycles. The molecule has 0 spiro atoms. The Hall–Kier alpha value is -0.840. The van der Waals surface area contributed by atoms with E-state index in [1.807, 2.05) is 27.7 Å². The van der Waals surface area contributed by atoms with Crippen LogP contribution < -0.4 is 0 Å². The lowest BCUT2D eigenvalue weighted by atomic mass is 10.1. The number of hydrogen-bond donors (Lipinski definition) is 1. The normalized spacial score (nSPS) is 19.5. The SMILES string of the molecule is C=C.C=C.CC(C)(Cl)CC1COC(C)(C)O1.O=CO. The quantitative estimate of drug-likeness (QED) is 0.477. The molecule has 0 aromatic carbocycles. The van der Waals surface area contributed by atoms with E-state index in [0.29, 0.717) is 6.61 Å². The zero-order valence-corrected chi connectivity index (χ0v) is 13.2. The zero-order chi connectivity index (χ0) is 16.1. The van der Waals surface area contributed by atoms with Crippen molar-refractivity contribution < 1.29 is 19.4 Å². The molecule has 4 nitrogen and oxygen atoms in total. The van der Waals surface area contributed by atoms with Gasteiger partial charge in [-0.2, -0.15) is 0 Å². The maximum absolute atomic E-state index is 8.36. The van der Waals surface area contributed by atoms with E-state index in [9.17, 15) is 0 Å². The molecule has 19 heavy (non-hydrogen) atoms. The van der Waals surface area contributed by atoms with Gasteiger partial charge in [-0.1, -0.05) is 0 Å². The monoisotopic (exact) mass is 294 g/mol. The Bertz CT molecular complexity index is 222. The van der Waals surface area contributed by atoms with Crippen LogP contribution in [0.15, 0.2) is 26.3 Å². The maximum Gasteiger partial charge on any atom is 0.290 e. The molecule has 1 aliphatic rings. The van der Waals surface area contributed by atoms with Crippen LogP contribution in [0.4, 0.5) is 0 Å². The van der Waals surface area contributed by atoms with E-state index in [0.717, 1.165) is 6.42 Å². The highest BCUT2D eigenvalue weighted by molar-refractivity contribution is 6.23. The van der Waals surface area contributed by atoms with Crippen LogP contribution in [0.3, 0.4) is 0 Å².